The first-order valence-electron chi connectivity index (χ1n) is 11.5. The predicted octanol–water partition coefficient (Wildman–Crippen LogP) is 5.50. The molecule has 1 amide bonds. The van der Waals surface area contributed by atoms with Crippen LogP contribution < -0.4 is 4.90 Å². The van der Waals surface area contributed by atoms with Gasteiger partial charge in [0.2, 0.25) is 5.91 Å². The smallest absolute Gasteiger partial charge is 0.228 e. The van der Waals surface area contributed by atoms with E-state index in [-0.39, 0.29) is 29.4 Å². The van der Waals surface area contributed by atoms with Gasteiger partial charge < -0.3 is 4.90 Å². The summed E-state index contributed by atoms with van der Waals surface area (Å²) in [5.41, 5.74) is 3.13. The highest BCUT2D eigenvalue weighted by molar-refractivity contribution is 7.91. The van der Waals surface area contributed by atoms with Crippen LogP contribution >= 0.6 is 22.9 Å². The first kappa shape index (κ1) is 26.6. The van der Waals surface area contributed by atoms with Gasteiger partial charge in [-0.3, -0.25) is 9.69 Å². The molecule has 0 aliphatic heterocycles. The van der Waals surface area contributed by atoms with E-state index in [1.165, 1.54) is 23.5 Å². The van der Waals surface area contributed by atoms with Crippen molar-refractivity contribution in [3.05, 3.63) is 52.5 Å². The first-order valence-corrected chi connectivity index (χ1v) is 14.4. The second kappa shape index (κ2) is 11.6. The number of amides is 1. The summed E-state index contributed by atoms with van der Waals surface area (Å²) in [4.78, 5) is 22.3. The van der Waals surface area contributed by atoms with Crippen molar-refractivity contribution in [2.24, 2.45) is 0 Å². The van der Waals surface area contributed by atoms with Crippen LogP contribution in [0.4, 0.5) is 5.13 Å². The molecule has 3 rings (SSSR count). The predicted molar refractivity (Wildman–Crippen MR) is 142 cm³/mol. The van der Waals surface area contributed by atoms with E-state index < -0.39 is 9.84 Å². The molecule has 0 spiro atoms. The maximum atomic E-state index is 13.3. The molecule has 0 aliphatic rings. The third kappa shape index (κ3) is 6.36. The van der Waals surface area contributed by atoms with E-state index in [0.717, 1.165) is 41.0 Å². The Morgan fingerprint density at radius 2 is 1.65 bits per heavy atom. The van der Waals surface area contributed by atoms with E-state index in [4.69, 9.17) is 16.6 Å². The van der Waals surface area contributed by atoms with Crippen molar-refractivity contribution in [3.8, 4) is 0 Å². The number of fused-ring (bicyclic) bond motifs is 1. The van der Waals surface area contributed by atoms with Crippen molar-refractivity contribution in [2.75, 3.05) is 36.8 Å². The van der Waals surface area contributed by atoms with Gasteiger partial charge in [0.05, 0.1) is 20.9 Å². The fourth-order valence-electron chi connectivity index (χ4n) is 3.78. The van der Waals surface area contributed by atoms with E-state index in [2.05, 4.69) is 24.8 Å². The summed E-state index contributed by atoms with van der Waals surface area (Å²) in [5, 5.41) is 1.16. The van der Waals surface area contributed by atoms with Gasteiger partial charge in [0, 0.05) is 24.5 Å². The van der Waals surface area contributed by atoms with Gasteiger partial charge in [-0.05, 0) is 68.8 Å². The number of nitrogens with zero attached hydrogens (tertiary/aromatic N) is 3. The van der Waals surface area contributed by atoms with Crippen molar-refractivity contribution < 1.29 is 13.2 Å². The number of aryl methyl sites for hydroxylation is 2. The highest BCUT2D eigenvalue weighted by Gasteiger charge is 2.22. The summed E-state index contributed by atoms with van der Waals surface area (Å²) in [6.07, 6.45) is 0.382. The molecule has 0 saturated heterocycles. The van der Waals surface area contributed by atoms with Crippen LogP contribution in [-0.4, -0.2) is 56.1 Å². The van der Waals surface area contributed by atoms with Crippen molar-refractivity contribution in [2.45, 2.75) is 45.4 Å². The monoisotopic (exact) mass is 521 g/mol. The second-order valence-corrected chi connectivity index (χ2v) is 11.8. The number of carbonyl (C=O) groups is 1. The maximum Gasteiger partial charge on any atom is 0.228 e. The molecule has 2 aromatic carbocycles. The number of anilines is 1. The van der Waals surface area contributed by atoms with Crippen LogP contribution in [0.2, 0.25) is 5.02 Å². The van der Waals surface area contributed by atoms with Gasteiger partial charge in [0.25, 0.3) is 0 Å². The van der Waals surface area contributed by atoms with Crippen LogP contribution in [0.5, 0.6) is 0 Å². The van der Waals surface area contributed by atoms with E-state index in [1.54, 1.807) is 17.0 Å². The maximum absolute atomic E-state index is 13.3. The number of hydrogen-bond acceptors (Lipinski definition) is 6. The minimum absolute atomic E-state index is 0.0949. The third-order valence-corrected chi connectivity index (χ3v) is 9.26. The lowest BCUT2D eigenvalue weighted by Gasteiger charge is -2.24. The van der Waals surface area contributed by atoms with Crippen molar-refractivity contribution >= 4 is 54.0 Å². The molecular weight excluding hydrogens is 490 g/mol. The summed E-state index contributed by atoms with van der Waals surface area (Å²) >= 11 is 7.39. The number of halogens is 1. The standard InChI is InChI=1S/C25H32ClN3O3S2/c1-5-28(6-2)15-16-29(25-27-23-18(3)9-10-19(4)24(23)33-25)22(30)8-7-17-34(31,32)21-13-11-20(26)12-14-21/h9-14H,5-8,15-17H2,1-4H3. The van der Waals surface area contributed by atoms with Gasteiger partial charge in [0.1, 0.15) is 0 Å². The van der Waals surface area contributed by atoms with Crippen molar-refractivity contribution in [1.29, 1.82) is 0 Å². The van der Waals surface area contributed by atoms with Crippen LogP contribution in [0, 0.1) is 13.8 Å². The molecule has 6 nitrogen and oxygen atoms in total. The van der Waals surface area contributed by atoms with Crippen LogP contribution in [0.15, 0.2) is 41.3 Å². The van der Waals surface area contributed by atoms with Crippen LogP contribution in [0.25, 0.3) is 10.2 Å². The normalized spacial score (nSPS) is 11.9. The Balaban J connectivity index is 1.77. The highest BCUT2D eigenvalue weighted by atomic mass is 35.5. The molecular formula is C25H32ClN3O3S2. The molecule has 184 valence electrons. The van der Waals surface area contributed by atoms with Crippen LogP contribution in [0.3, 0.4) is 0 Å². The summed E-state index contributed by atoms with van der Waals surface area (Å²) in [5.74, 6) is -0.199. The Bertz CT molecular complexity index is 1200. The molecule has 0 radical (unpaired) electrons. The molecule has 0 fully saturated rings. The summed E-state index contributed by atoms with van der Waals surface area (Å²) < 4.78 is 26.4. The fourth-order valence-corrected chi connectivity index (χ4v) is 6.37. The zero-order chi connectivity index (χ0) is 24.9. The lowest BCUT2D eigenvalue weighted by molar-refractivity contribution is -0.118. The number of hydrogen-bond donors (Lipinski definition) is 0. The Morgan fingerprint density at radius 1 is 1.00 bits per heavy atom. The van der Waals surface area contributed by atoms with Gasteiger partial charge in [-0.1, -0.05) is 48.9 Å². The highest BCUT2D eigenvalue weighted by Crippen LogP contribution is 2.33. The number of thiazole rings is 1. The molecule has 0 atom stereocenters. The van der Waals surface area contributed by atoms with E-state index in [9.17, 15) is 13.2 Å². The van der Waals surface area contributed by atoms with Gasteiger partial charge >= 0.3 is 0 Å². The molecule has 3 aromatic rings. The lowest BCUT2D eigenvalue weighted by Crippen LogP contribution is -2.38. The average molecular weight is 522 g/mol. The molecule has 0 saturated carbocycles. The molecule has 0 bridgehead atoms. The topological polar surface area (TPSA) is 70.6 Å². The Labute approximate surface area is 211 Å². The molecule has 9 heteroatoms. The summed E-state index contributed by atoms with van der Waals surface area (Å²) in [6, 6.07) is 10.2. The van der Waals surface area contributed by atoms with E-state index in [0.29, 0.717) is 16.7 Å². The largest absolute Gasteiger partial charge is 0.302 e. The third-order valence-electron chi connectivity index (χ3n) is 5.97. The van der Waals surface area contributed by atoms with Gasteiger partial charge in [0.15, 0.2) is 15.0 Å². The number of rotatable bonds is 11. The first-order chi connectivity index (χ1) is 16.2. The summed E-state index contributed by atoms with van der Waals surface area (Å²) in [6.45, 7) is 11.3. The van der Waals surface area contributed by atoms with Gasteiger partial charge in [-0.2, -0.15) is 0 Å². The number of benzene rings is 2. The number of sulfone groups is 1. The van der Waals surface area contributed by atoms with E-state index >= 15 is 0 Å². The second-order valence-electron chi connectivity index (χ2n) is 8.32. The molecule has 0 aliphatic carbocycles. The van der Waals surface area contributed by atoms with Gasteiger partial charge in [-0.25, -0.2) is 13.4 Å². The number of aromatic nitrogens is 1. The van der Waals surface area contributed by atoms with Crippen molar-refractivity contribution in [3.63, 3.8) is 0 Å². The SMILES string of the molecule is CCN(CC)CCN(C(=O)CCCS(=O)(=O)c1ccc(Cl)cc1)c1nc2c(C)ccc(C)c2s1. The number of likely N-dealkylation sites (N-methyl/N-ethyl adjacent to an activating group) is 1. The van der Waals surface area contributed by atoms with Crippen molar-refractivity contribution in [1.82, 2.24) is 9.88 Å². The van der Waals surface area contributed by atoms with Gasteiger partial charge in [-0.15, -0.1) is 0 Å². The zero-order valence-corrected chi connectivity index (χ0v) is 22.6. The fraction of sp³-hybridized carbons (Fsp3) is 0.440. The van der Waals surface area contributed by atoms with Crippen LogP contribution in [0.1, 0.15) is 37.8 Å². The van der Waals surface area contributed by atoms with Crippen LogP contribution in [-0.2, 0) is 14.6 Å². The Hall–Kier alpha value is -2.00. The molecule has 1 heterocycles. The molecule has 0 N–H and O–H groups in total. The number of carbonyl (C=O) groups excluding carboxylic acids is 1. The minimum atomic E-state index is -3.48. The molecule has 34 heavy (non-hydrogen) atoms. The quantitative estimate of drug-likeness (QED) is 0.333. The summed E-state index contributed by atoms with van der Waals surface area (Å²) in [7, 11) is -3.48. The Morgan fingerprint density at radius 3 is 2.26 bits per heavy atom. The lowest BCUT2D eigenvalue weighted by atomic mass is 10.1. The van der Waals surface area contributed by atoms with E-state index in [1.807, 2.05) is 19.9 Å². The molecule has 0 unspecified atom stereocenters. The Kier molecular flexibility index (Phi) is 9.09. The minimum Gasteiger partial charge on any atom is -0.302 e. The molecule has 1 aromatic heterocycles. The zero-order valence-electron chi connectivity index (χ0n) is 20.2. The average Bonchev–Trinajstić information content (AvgIpc) is 3.26.